The van der Waals surface area contributed by atoms with Gasteiger partial charge in [0.05, 0.1) is 0 Å². The number of nitrogens with one attached hydrogen (secondary N) is 1. The largest absolute Gasteiger partial charge is 0.271 e. The molecule has 0 heterocycles. The molecule has 0 saturated heterocycles. The number of hydrazine groups is 1. The molecule has 7 heavy (non-hydrogen) atoms. The quantitative estimate of drug-likeness (QED) is 0.366. The number of rotatable bonds is 1. The highest BCUT2D eigenvalue weighted by Gasteiger charge is 2.23. The van der Waals surface area contributed by atoms with Gasteiger partial charge in [-0.1, -0.05) is 6.92 Å². The van der Waals surface area contributed by atoms with Gasteiger partial charge in [-0.3, -0.25) is 11.3 Å². The van der Waals surface area contributed by atoms with E-state index in [-0.39, 0.29) is 0 Å². The minimum atomic E-state index is 0.620. The first-order valence-corrected chi connectivity index (χ1v) is 2.79. The molecule has 0 unspecified atom stereocenters. The van der Waals surface area contributed by atoms with Crippen molar-refractivity contribution >= 4 is 0 Å². The summed E-state index contributed by atoms with van der Waals surface area (Å²) in [4.78, 5) is 0. The summed E-state index contributed by atoms with van der Waals surface area (Å²) in [7, 11) is 0. The first kappa shape index (κ1) is 5.06. The van der Waals surface area contributed by atoms with E-state index >= 15 is 0 Å². The van der Waals surface area contributed by atoms with Gasteiger partial charge in [-0.05, 0) is 18.8 Å². The zero-order chi connectivity index (χ0) is 5.28. The van der Waals surface area contributed by atoms with Crippen molar-refractivity contribution in [3.05, 3.63) is 0 Å². The summed E-state index contributed by atoms with van der Waals surface area (Å²) in [5, 5.41) is 0. The van der Waals surface area contributed by atoms with Gasteiger partial charge in [-0.2, -0.15) is 0 Å². The van der Waals surface area contributed by atoms with Crippen LogP contribution in [-0.4, -0.2) is 6.04 Å². The maximum atomic E-state index is 5.15. The number of hydrogen-bond acceptors (Lipinski definition) is 2. The van der Waals surface area contributed by atoms with Gasteiger partial charge in [-0.15, -0.1) is 0 Å². The zero-order valence-corrected chi connectivity index (χ0v) is 4.65. The van der Waals surface area contributed by atoms with Crippen molar-refractivity contribution < 1.29 is 0 Å². The van der Waals surface area contributed by atoms with E-state index in [2.05, 4.69) is 12.3 Å². The van der Waals surface area contributed by atoms with E-state index in [0.717, 1.165) is 5.92 Å². The van der Waals surface area contributed by atoms with Crippen LogP contribution in [0.25, 0.3) is 0 Å². The Bertz CT molecular complexity index is 57.1. The fourth-order valence-corrected chi connectivity index (χ4v) is 1.04. The van der Waals surface area contributed by atoms with Crippen molar-refractivity contribution in [1.82, 2.24) is 5.43 Å². The molecule has 2 heteroatoms. The Morgan fingerprint density at radius 1 is 1.57 bits per heavy atom. The second-order valence-electron chi connectivity index (χ2n) is 2.44. The molecule has 0 radical (unpaired) electrons. The summed E-state index contributed by atoms with van der Waals surface area (Å²) in [5.74, 6) is 6.05. The topological polar surface area (TPSA) is 38.0 Å². The van der Waals surface area contributed by atoms with E-state index in [9.17, 15) is 0 Å². The minimum absolute atomic E-state index is 0.620. The normalized spacial score (nSPS) is 40.3. The molecule has 0 spiro atoms. The van der Waals surface area contributed by atoms with E-state index in [0.29, 0.717) is 6.04 Å². The van der Waals surface area contributed by atoms with Crippen LogP contribution in [0.5, 0.6) is 0 Å². The third-order valence-corrected chi connectivity index (χ3v) is 1.61. The molecule has 0 bridgehead atoms. The Balaban J connectivity index is 2.06. The summed E-state index contributed by atoms with van der Waals surface area (Å²) in [5.41, 5.74) is 2.73. The van der Waals surface area contributed by atoms with Crippen molar-refractivity contribution in [1.29, 1.82) is 0 Å². The fraction of sp³-hybridized carbons (Fsp3) is 1.00. The molecule has 1 rings (SSSR count). The highest BCUT2D eigenvalue weighted by atomic mass is 15.2. The van der Waals surface area contributed by atoms with Gasteiger partial charge in [0.25, 0.3) is 0 Å². The van der Waals surface area contributed by atoms with Gasteiger partial charge in [-0.25, -0.2) is 0 Å². The molecule has 1 fully saturated rings. The van der Waals surface area contributed by atoms with Gasteiger partial charge in [0.1, 0.15) is 0 Å². The molecule has 0 amide bonds. The van der Waals surface area contributed by atoms with Crippen LogP contribution in [0, 0.1) is 5.92 Å². The first-order chi connectivity index (χ1) is 3.33. The second kappa shape index (κ2) is 1.80. The summed E-state index contributed by atoms with van der Waals surface area (Å²) >= 11 is 0. The lowest BCUT2D eigenvalue weighted by Gasteiger charge is -2.31. The van der Waals surface area contributed by atoms with Crippen LogP contribution in [0.2, 0.25) is 0 Å². The summed E-state index contributed by atoms with van der Waals surface area (Å²) in [6.07, 6.45) is 2.52. The van der Waals surface area contributed by atoms with Gasteiger partial charge >= 0.3 is 0 Å². The Hall–Kier alpha value is -0.0800. The van der Waals surface area contributed by atoms with Crippen molar-refractivity contribution in [3.63, 3.8) is 0 Å². The highest BCUT2D eigenvalue weighted by Crippen LogP contribution is 2.25. The van der Waals surface area contributed by atoms with Gasteiger partial charge < -0.3 is 0 Å². The van der Waals surface area contributed by atoms with E-state index in [1.165, 1.54) is 12.8 Å². The van der Waals surface area contributed by atoms with Crippen LogP contribution in [0.4, 0.5) is 0 Å². The molecule has 0 aromatic carbocycles. The van der Waals surface area contributed by atoms with Crippen molar-refractivity contribution in [2.24, 2.45) is 11.8 Å². The summed E-state index contributed by atoms with van der Waals surface area (Å²) < 4.78 is 0. The van der Waals surface area contributed by atoms with Gasteiger partial charge in [0.15, 0.2) is 0 Å². The molecule has 3 N–H and O–H groups in total. The van der Waals surface area contributed by atoms with Crippen LogP contribution in [0.3, 0.4) is 0 Å². The Morgan fingerprint density at radius 2 is 2.14 bits per heavy atom. The number of hydrogen-bond donors (Lipinski definition) is 2. The molecular formula is C5H12N2. The van der Waals surface area contributed by atoms with Gasteiger partial charge in [0, 0.05) is 6.04 Å². The maximum Gasteiger partial charge on any atom is 0.0215 e. The van der Waals surface area contributed by atoms with Crippen LogP contribution in [0.1, 0.15) is 19.8 Å². The van der Waals surface area contributed by atoms with E-state index in [1.54, 1.807) is 0 Å². The van der Waals surface area contributed by atoms with Crippen molar-refractivity contribution in [2.45, 2.75) is 25.8 Å². The average molecular weight is 100 g/mol. The minimum Gasteiger partial charge on any atom is -0.271 e. The first-order valence-electron chi connectivity index (χ1n) is 2.79. The molecule has 1 saturated carbocycles. The molecule has 42 valence electrons. The molecule has 0 aromatic rings. The Labute approximate surface area is 44.1 Å². The zero-order valence-electron chi connectivity index (χ0n) is 4.65. The SMILES string of the molecule is C[C@H]1C[C@@H](NN)C1. The molecule has 1 aliphatic rings. The van der Waals surface area contributed by atoms with E-state index in [4.69, 9.17) is 5.84 Å². The molecule has 2 nitrogen and oxygen atoms in total. The van der Waals surface area contributed by atoms with Gasteiger partial charge in [0.2, 0.25) is 0 Å². The molecule has 0 aromatic heterocycles. The van der Waals surface area contributed by atoms with Crippen LogP contribution < -0.4 is 11.3 Å². The molecule has 0 aliphatic heterocycles. The van der Waals surface area contributed by atoms with Crippen LogP contribution in [0.15, 0.2) is 0 Å². The number of nitrogens with two attached hydrogens (primary N) is 1. The lowest BCUT2D eigenvalue weighted by atomic mass is 9.82. The average Bonchev–Trinajstić information content (AvgIpc) is 1.58. The Kier molecular flexibility index (Phi) is 1.30. The maximum absolute atomic E-state index is 5.15. The lowest BCUT2D eigenvalue weighted by molar-refractivity contribution is 0.244. The third-order valence-electron chi connectivity index (χ3n) is 1.61. The molecule has 0 atom stereocenters. The third kappa shape index (κ3) is 0.924. The standard InChI is InChI=1S/C5H12N2/c1-4-2-5(3-4)7-6/h4-5,7H,2-3,6H2,1H3/t4-,5+. The highest BCUT2D eigenvalue weighted by molar-refractivity contribution is 4.79. The van der Waals surface area contributed by atoms with E-state index in [1.807, 2.05) is 0 Å². The van der Waals surface area contributed by atoms with Crippen molar-refractivity contribution in [2.75, 3.05) is 0 Å². The monoisotopic (exact) mass is 100 g/mol. The van der Waals surface area contributed by atoms with Crippen LogP contribution >= 0.6 is 0 Å². The fourth-order valence-electron chi connectivity index (χ4n) is 1.04. The van der Waals surface area contributed by atoms with Crippen molar-refractivity contribution in [3.8, 4) is 0 Å². The molecule has 1 aliphatic carbocycles. The Morgan fingerprint density at radius 3 is 2.29 bits per heavy atom. The lowest BCUT2D eigenvalue weighted by Crippen LogP contribution is -2.43. The predicted octanol–water partition coefficient (Wildman–Crippen LogP) is 0.248. The van der Waals surface area contributed by atoms with Crippen LogP contribution in [-0.2, 0) is 0 Å². The molecular weight excluding hydrogens is 88.1 g/mol. The van der Waals surface area contributed by atoms with E-state index < -0.39 is 0 Å². The summed E-state index contributed by atoms with van der Waals surface area (Å²) in [6, 6.07) is 0.620. The summed E-state index contributed by atoms with van der Waals surface area (Å²) in [6.45, 7) is 2.24. The predicted molar refractivity (Wildman–Crippen MR) is 29.5 cm³/mol. The second-order valence-corrected chi connectivity index (χ2v) is 2.44. The smallest absolute Gasteiger partial charge is 0.0215 e.